The van der Waals surface area contributed by atoms with Crippen LogP contribution in [0, 0.1) is 0 Å². The molecule has 8 nitrogen and oxygen atoms in total. The molecule has 0 spiro atoms. The van der Waals surface area contributed by atoms with E-state index in [2.05, 4.69) is 21.2 Å². The van der Waals surface area contributed by atoms with Crippen molar-refractivity contribution in [2.24, 2.45) is 5.10 Å². The third-order valence-electron chi connectivity index (χ3n) is 4.05. The second-order valence-electron chi connectivity index (χ2n) is 6.48. The summed E-state index contributed by atoms with van der Waals surface area (Å²) in [6, 6.07) is 11.4. The summed E-state index contributed by atoms with van der Waals surface area (Å²) in [6.45, 7) is 3.40. The van der Waals surface area contributed by atoms with Gasteiger partial charge in [0.1, 0.15) is 5.75 Å². The van der Waals surface area contributed by atoms with Crippen LogP contribution in [-0.2, 0) is 14.4 Å². The Balaban J connectivity index is 1.92. The molecular formula is C21H22Cl2N4O4. The fraction of sp³-hybridized carbons (Fsp3) is 0.238. The highest BCUT2D eigenvalue weighted by Crippen LogP contribution is 2.25. The third kappa shape index (κ3) is 7.92. The fourth-order valence-corrected chi connectivity index (χ4v) is 2.70. The number of carbonyl (C=O) groups is 3. The van der Waals surface area contributed by atoms with Crippen LogP contribution in [0.3, 0.4) is 0 Å². The second-order valence-corrected chi connectivity index (χ2v) is 7.32. The molecule has 3 N–H and O–H groups in total. The van der Waals surface area contributed by atoms with Crippen LogP contribution in [0.1, 0.15) is 25.8 Å². The lowest BCUT2D eigenvalue weighted by molar-refractivity contribution is -0.139. The number of halogens is 2. The van der Waals surface area contributed by atoms with Gasteiger partial charge in [-0.05, 0) is 43.7 Å². The lowest BCUT2D eigenvalue weighted by Crippen LogP contribution is -2.41. The lowest BCUT2D eigenvalue weighted by Gasteiger charge is -2.11. The molecule has 0 bridgehead atoms. The van der Waals surface area contributed by atoms with E-state index in [1.165, 1.54) is 12.3 Å². The van der Waals surface area contributed by atoms with Gasteiger partial charge in [-0.1, -0.05) is 42.3 Å². The van der Waals surface area contributed by atoms with Crippen molar-refractivity contribution in [2.45, 2.75) is 26.3 Å². The standard InChI is InChI=1S/C21H22Cl2N4O4/c1-3-13(2)25-20(29)21(30)27-24-11-14-6-4-5-7-18(14)31-12-19(28)26-17-9-8-15(22)10-16(17)23/h4-11,13H,3,12H2,1-2H3,(H,25,29)(H,26,28)(H,27,30)/b24-11-/t13-/m1/s1. The summed E-state index contributed by atoms with van der Waals surface area (Å²) in [4.78, 5) is 35.6. The minimum absolute atomic E-state index is 0.120. The largest absolute Gasteiger partial charge is 0.483 e. The maximum Gasteiger partial charge on any atom is 0.329 e. The molecule has 0 unspecified atom stereocenters. The monoisotopic (exact) mass is 464 g/mol. The van der Waals surface area contributed by atoms with Gasteiger partial charge in [0.2, 0.25) is 0 Å². The van der Waals surface area contributed by atoms with Crippen LogP contribution >= 0.6 is 23.2 Å². The molecule has 3 amide bonds. The molecule has 0 aliphatic rings. The van der Waals surface area contributed by atoms with Gasteiger partial charge in [-0.25, -0.2) is 5.43 Å². The number of nitrogens with zero attached hydrogens (tertiary/aromatic N) is 1. The van der Waals surface area contributed by atoms with Crippen molar-refractivity contribution in [1.29, 1.82) is 0 Å². The molecule has 0 aromatic heterocycles. The topological polar surface area (TPSA) is 109 Å². The Morgan fingerprint density at radius 3 is 2.58 bits per heavy atom. The molecule has 164 valence electrons. The van der Waals surface area contributed by atoms with Crippen molar-refractivity contribution >= 4 is 52.8 Å². The number of amides is 3. The van der Waals surface area contributed by atoms with Crippen molar-refractivity contribution in [3.63, 3.8) is 0 Å². The average molecular weight is 465 g/mol. The zero-order valence-electron chi connectivity index (χ0n) is 16.9. The van der Waals surface area contributed by atoms with Gasteiger partial charge in [0.15, 0.2) is 6.61 Å². The fourth-order valence-electron chi connectivity index (χ4n) is 2.24. The number of benzene rings is 2. The molecule has 0 saturated carbocycles. The third-order valence-corrected chi connectivity index (χ3v) is 4.60. The van der Waals surface area contributed by atoms with Crippen LogP contribution < -0.4 is 20.8 Å². The van der Waals surface area contributed by atoms with Gasteiger partial charge < -0.3 is 15.4 Å². The number of nitrogens with one attached hydrogen (secondary N) is 3. The van der Waals surface area contributed by atoms with E-state index >= 15 is 0 Å². The number of anilines is 1. The van der Waals surface area contributed by atoms with E-state index < -0.39 is 17.7 Å². The Morgan fingerprint density at radius 2 is 1.87 bits per heavy atom. The summed E-state index contributed by atoms with van der Waals surface area (Å²) in [5, 5.41) is 9.70. The van der Waals surface area contributed by atoms with Gasteiger partial charge in [0.05, 0.1) is 16.9 Å². The molecule has 0 heterocycles. The summed E-state index contributed by atoms with van der Waals surface area (Å²) < 4.78 is 5.54. The highest BCUT2D eigenvalue weighted by Gasteiger charge is 2.14. The predicted octanol–water partition coefficient (Wildman–Crippen LogP) is 3.38. The first-order valence-corrected chi connectivity index (χ1v) is 10.2. The molecule has 0 fully saturated rings. The van der Waals surface area contributed by atoms with E-state index in [4.69, 9.17) is 27.9 Å². The minimum atomic E-state index is -0.880. The van der Waals surface area contributed by atoms with Crippen molar-refractivity contribution in [2.75, 3.05) is 11.9 Å². The first-order valence-electron chi connectivity index (χ1n) is 9.40. The highest BCUT2D eigenvalue weighted by molar-refractivity contribution is 6.36. The van der Waals surface area contributed by atoms with Crippen LogP contribution in [0.4, 0.5) is 5.69 Å². The second kappa shape index (κ2) is 11.9. The maximum atomic E-state index is 12.2. The van der Waals surface area contributed by atoms with Gasteiger partial charge in [0, 0.05) is 16.6 Å². The molecule has 2 aromatic carbocycles. The first kappa shape index (κ1) is 24.2. The van der Waals surface area contributed by atoms with Crippen LogP contribution in [0.25, 0.3) is 0 Å². The number of hydrogen-bond donors (Lipinski definition) is 3. The van der Waals surface area contributed by atoms with Gasteiger partial charge in [-0.3, -0.25) is 14.4 Å². The molecule has 10 heteroatoms. The minimum Gasteiger partial charge on any atom is -0.483 e. The Hall–Kier alpha value is -3.10. The van der Waals surface area contributed by atoms with Crippen molar-refractivity contribution in [3.05, 3.63) is 58.1 Å². The first-order chi connectivity index (χ1) is 14.8. The Labute approximate surface area is 189 Å². The van der Waals surface area contributed by atoms with Gasteiger partial charge in [-0.2, -0.15) is 5.10 Å². The molecule has 31 heavy (non-hydrogen) atoms. The highest BCUT2D eigenvalue weighted by atomic mass is 35.5. The SMILES string of the molecule is CC[C@@H](C)NC(=O)C(=O)N/N=C\c1ccccc1OCC(=O)Nc1ccc(Cl)cc1Cl. The van der Waals surface area contributed by atoms with E-state index in [1.54, 1.807) is 43.3 Å². The number of para-hydroxylation sites is 1. The van der Waals surface area contributed by atoms with Gasteiger partial charge in [0.25, 0.3) is 5.91 Å². The van der Waals surface area contributed by atoms with E-state index in [0.29, 0.717) is 33.5 Å². The van der Waals surface area contributed by atoms with Crippen LogP contribution in [0.2, 0.25) is 10.0 Å². The average Bonchev–Trinajstić information content (AvgIpc) is 2.74. The van der Waals surface area contributed by atoms with Crippen molar-refractivity contribution < 1.29 is 19.1 Å². The van der Waals surface area contributed by atoms with Crippen LogP contribution in [0.5, 0.6) is 5.75 Å². The Kier molecular flexibility index (Phi) is 9.30. The molecular weight excluding hydrogens is 443 g/mol. The normalized spacial score (nSPS) is 11.6. The molecule has 1 atom stereocenters. The van der Waals surface area contributed by atoms with Crippen LogP contribution in [0.15, 0.2) is 47.6 Å². The number of hydrogen-bond acceptors (Lipinski definition) is 5. The molecule has 2 aromatic rings. The van der Waals surface area contributed by atoms with E-state index in [9.17, 15) is 14.4 Å². The zero-order chi connectivity index (χ0) is 22.8. The number of ether oxygens (including phenoxy) is 1. The maximum absolute atomic E-state index is 12.2. The Bertz CT molecular complexity index is 982. The number of carbonyl (C=O) groups excluding carboxylic acids is 3. The summed E-state index contributed by atoms with van der Waals surface area (Å²) in [5.41, 5.74) is 3.07. The quantitative estimate of drug-likeness (QED) is 0.316. The number of hydrazone groups is 1. The molecule has 0 saturated heterocycles. The van der Waals surface area contributed by atoms with Crippen molar-refractivity contribution in [1.82, 2.24) is 10.7 Å². The van der Waals surface area contributed by atoms with E-state index in [-0.39, 0.29) is 12.6 Å². The zero-order valence-corrected chi connectivity index (χ0v) is 18.5. The van der Waals surface area contributed by atoms with Gasteiger partial charge in [-0.15, -0.1) is 0 Å². The Morgan fingerprint density at radius 1 is 1.13 bits per heavy atom. The van der Waals surface area contributed by atoms with Crippen molar-refractivity contribution in [3.8, 4) is 5.75 Å². The molecule has 0 aliphatic heterocycles. The van der Waals surface area contributed by atoms with Gasteiger partial charge >= 0.3 is 11.8 Å². The van der Waals surface area contributed by atoms with E-state index in [1.807, 2.05) is 6.92 Å². The number of rotatable bonds is 8. The van der Waals surface area contributed by atoms with E-state index in [0.717, 1.165) is 0 Å². The molecule has 2 rings (SSSR count). The summed E-state index contributed by atoms with van der Waals surface area (Å²) in [7, 11) is 0. The predicted molar refractivity (Wildman–Crippen MR) is 121 cm³/mol. The molecule has 0 aliphatic carbocycles. The summed E-state index contributed by atoms with van der Waals surface area (Å²) in [6.07, 6.45) is 2.02. The molecule has 0 radical (unpaired) electrons. The summed E-state index contributed by atoms with van der Waals surface area (Å²) in [5.74, 6) is -1.71. The van der Waals surface area contributed by atoms with Crippen LogP contribution in [-0.4, -0.2) is 36.6 Å². The summed E-state index contributed by atoms with van der Waals surface area (Å²) >= 11 is 11.9. The lowest BCUT2D eigenvalue weighted by atomic mass is 10.2. The smallest absolute Gasteiger partial charge is 0.329 e.